The Morgan fingerprint density at radius 3 is 1.03 bits per heavy atom. The molecule has 0 amide bonds. The van der Waals surface area contributed by atoms with Gasteiger partial charge in [-0.2, -0.15) is 0 Å². The molecule has 59 heavy (non-hydrogen) atoms. The maximum Gasteiger partial charge on any atom is 2.00 e. The molecular formula is C50H82BaO8. The fourth-order valence-corrected chi connectivity index (χ4v) is 7.26. The largest absolute Gasteiger partial charge is 2.00 e. The fraction of sp³-hybridized carbons (Fsp3) is 0.720. The number of rotatable bonds is 38. The first-order chi connectivity index (χ1) is 28.2. The Morgan fingerprint density at radius 1 is 0.458 bits per heavy atom. The third-order valence-corrected chi connectivity index (χ3v) is 10.9. The van der Waals surface area contributed by atoms with Gasteiger partial charge < -0.3 is 39.5 Å². The summed E-state index contributed by atoms with van der Waals surface area (Å²) in [5.74, 6) is -2.14. The Labute approximate surface area is 400 Å². The smallest absolute Gasteiger partial charge is 0.550 e. The van der Waals surface area contributed by atoms with Crippen LogP contribution in [0.3, 0.4) is 0 Å². The summed E-state index contributed by atoms with van der Waals surface area (Å²) in [6, 6.07) is 19.5. The molecule has 2 N–H and O–H groups in total. The van der Waals surface area contributed by atoms with Crippen molar-refractivity contribution in [3.05, 3.63) is 71.8 Å². The van der Waals surface area contributed by atoms with E-state index < -0.39 is 11.9 Å². The van der Waals surface area contributed by atoms with Crippen LogP contribution < -0.4 is 10.2 Å². The topological polar surface area (TPSA) is 139 Å². The van der Waals surface area contributed by atoms with Crippen molar-refractivity contribution < 1.29 is 39.5 Å². The molecule has 0 heterocycles. The van der Waals surface area contributed by atoms with Crippen molar-refractivity contribution in [1.29, 1.82) is 0 Å². The Kier molecular flexibility index (Phi) is 41.2. The minimum absolute atomic E-state index is 0. The maximum atomic E-state index is 11.0. The minimum atomic E-state index is -1.07. The minimum Gasteiger partial charge on any atom is -0.550 e. The summed E-state index contributed by atoms with van der Waals surface area (Å²) >= 11 is 0. The molecule has 4 unspecified atom stereocenters. The molecule has 0 saturated carbocycles. The summed E-state index contributed by atoms with van der Waals surface area (Å²) in [7, 11) is 0. The van der Waals surface area contributed by atoms with Crippen LogP contribution in [0.2, 0.25) is 0 Å². The molecule has 0 aromatic heterocycles. The first-order valence-electron chi connectivity index (χ1n) is 23.3. The molecule has 4 atom stereocenters. The van der Waals surface area contributed by atoms with Crippen LogP contribution in [0, 0.1) is 0 Å². The van der Waals surface area contributed by atoms with Gasteiger partial charge in [-0.1, -0.05) is 203 Å². The summed E-state index contributed by atoms with van der Waals surface area (Å²) in [4.78, 5) is 22.0. The van der Waals surface area contributed by atoms with E-state index >= 15 is 0 Å². The summed E-state index contributed by atoms with van der Waals surface area (Å²) in [6.45, 7) is 5.31. The standard InChI is InChI=1S/2C25H42O4.Ba/c2*1-2-3-4-5-6-7-8-12-17-23(26)18-13-14-19-24(20-25(27)28)29-21-22-15-10-9-11-16-22;/h2*9-11,15-16,23-24,26H,2-8,12-14,17-21H2,1H3,(H,27,28);/q;;+2/p-2. The normalized spacial score (nSPS) is 13.1. The van der Waals surface area contributed by atoms with Gasteiger partial charge in [-0.3, -0.25) is 0 Å². The van der Waals surface area contributed by atoms with Gasteiger partial charge in [0.15, 0.2) is 0 Å². The van der Waals surface area contributed by atoms with Gasteiger partial charge in [0.1, 0.15) is 0 Å². The zero-order valence-corrected chi connectivity index (χ0v) is 41.8. The third-order valence-electron chi connectivity index (χ3n) is 10.9. The molecule has 0 aliphatic rings. The average molecular weight is 949 g/mol. The van der Waals surface area contributed by atoms with E-state index in [1.807, 2.05) is 60.7 Å². The first kappa shape index (κ1) is 57.8. The monoisotopic (exact) mass is 949 g/mol. The van der Waals surface area contributed by atoms with Crippen molar-refractivity contribution in [2.45, 2.75) is 231 Å². The van der Waals surface area contributed by atoms with Crippen LogP contribution in [0.25, 0.3) is 0 Å². The molecule has 0 aliphatic heterocycles. The van der Waals surface area contributed by atoms with Crippen molar-refractivity contribution in [2.75, 3.05) is 0 Å². The Morgan fingerprint density at radius 2 is 0.729 bits per heavy atom. The summed E-state index contributed by atoms with van der Waals surface area (Å²) in [5.41, 5.74) is 2.08. The SMILES string of the molecule is CCCCCCCCCCC(O)CCCCC(CC(=O)[O-])OCc1ccccc1.CCCCCCCCCCC(O)CCCCC(CC(=O)[O-])OCc1ccccc1.[Ba+2]. The molecule has 2 aromatic rings. The molecule has 9 heteroatoms. The van der Waals surface area contributed by atoms with E-state index in [9.17, 15) is 30.0 Å². The number of hydrogen-bond donors (Lipinski definition) is 2. The quantitative estimate of drug-likeness (QED) is 0.0501. The van der Waals surface area contributed by atoms with E-state index in [0.29, 0.717) is 26.1 Å². The van der Waals surface area contributed by atoms with Gasteiger partial charge in [0, 0.05) is 24.8 Å². The number of carbonyl (C=O) groups is 2. The molecular weight excluding hydrogens is 866 g/mol. The van der Waals surface area contributed by atoms with Crippen LogP contribution in [0.4, 0.5) is 0 Å². The summed E-state index contributed by atoms with van der Waals surface area (Å²) < 4.78 is 11.6. The first-order valence-corrected chi connectivity index (χ1v) is 23.3. The summed E-state index contributed by atoms with van der Waals surface area (Å²) in [6.07, 6.45) is 27.4. The number of benzene rings is 2. The Balaban J connectivity index is 0.00000112. The number of unbranched alkanes of at least 4 members (excludes halogenated alkanes) is 16. The molecule has 8 nitrogen and oxygen atoms in total. The molecule has 0 radical (unpaired) electrons. The van der Waals surface area contributed by atoms with Crippen molar-refractivity contribution in [3.63, 3.8) is 0 Å². The van der Waals surface area contributed by atoms with Crippen LogP contribution in [-0.4, -0.2) is 95.4 Å². The van der Waals surface area contributed by atoms with Crippen LogP contribution in [0.1, 0.15) is 205 Å². The molecule has 2 aromatic carbocycles. The number of aliphatic hydroxyl groups excluding tert-OH is 2. The van der Waals surface area contributed by atoms with E-state index in [1.165, 1.54) is 89.9 Å². The van der Waals surface area contributed by atoms with Crippen molar-refractivity contribution in [3.8, 4) is 0 Å². The number of ether oxygens (including phenoxy) is 2. The van der Waals surface area contributed by atoms with E-state index in [-0.39, 0.29) is 86.1 Å². The number of carbonyl (C=O) groups excluding carboxylic acids is 2. The molecule has 0 bridgehead atoms. The number of aliphatic carboxylic acids is 2. The second-order valence-electron chi connectivity index (χ2n) is 16.4. The van der Waals surface area contributed by atoms with Crippen LogP contribution >= 0.6 is 0 Å². The number of hydrogen-bond acceptors (Lipinski definition) is 8. The number of carboxylic acid groups (broad SMARTS) is 2. The van der Waals surface area contributed by atoms with Gasteiger partial charge >= 0.3 is 48.9 Å². The van der Waals surface area contributed by atoms with Gasteiger partial charge in [-0.05, 0) is 49.7 Å². The molecule has 0 fully saturated rings. The molecule has 2 rings (SSSR count). The zero-order chi connectivity index (χ0) is 42.3. The predicted molar refractivity (Wildman–Crippen MR) is 238 cm³/mol. The van der Waals surface area contributed by atoms with E-state index in [0.717, 1.165) is 75.3 Å². The van der Waals surface area contributed by atoms with Crippen LogP contribution in [0.15, 0.2) is 60.7 Å². The second-order valence-corrected chi connectivity index (χ2v) is 16.4. The third kappa shape index (κ3) is 38.2. The van der Waals surface area contributed by atoms with Gasteiger partial charge in [0.2, 0.25) is 0 Å². The van der Waals surface area contributed by atoms with Gasteiger partial charge in [-0.15, -0.1) is 0 Å². The van der Waals surface area contributed by atoms with E-state index in [2.05, 4.69) is 13.8 Å². The maximum absolute atomic E-state index is 11.0. The Hall–Kier alpha value is -1.21. The molecule has 0 saturated heterocycles. The van der Waals surface area contributed by atoms with Crippen molar-refractivity contribution in [2.24, 2.45) is 0 Å². The number of aliphatic hydroxyl groups is 2. The van der Waals surface area contributed by atoms with E-state index in [4.69, 9.17) is 9.47 Å². The predicted octanol–water partition coefficient (Wildman–Crippen LogP) is 9.95. The second kappa shape index (κ2) is 42.1. The van der Waals surface area contributed by atoms with Crippen LogP contribution in [-0.2, 0) is 32.3 Å². The zero-order valence-electron chi connectivity index (χ0n) is 37.3. The fourth-order valence-electron chi connectivity index (χ4n) is 7.26. The molecule has 0 aliphatic carbocycles. The van der Waals surface area contributed by atoms with E-state index in [1.54, 1.807) is 0 Å². The molecule has 0 spiro atoms. The van der Waals surface area contributed by atoms with Crippen LogP contribution in [0.5, 0.6) is 0 Å². The Bertz CT molecular complexity index is 1110. The van der Waals surface area contributed by atoms with Crippen molar-refractivity contribution >= 4 is 60.8 Å². The number of carboxylic acids is 2. The summed E-state index contributed by atoms with van der Waals surface area (Å²) in [5, 5.41) is 42.3. The molecule has 332 valence electrons. The van der Waals surface area contributed by atoms with Gasteiger partial charge in [0.25, 0.3) is 0 Å². The van der Waals surface area contributed by atoms with Gasteiger partial charge in [-0.25, -0.2) is 0 Å². The van der Waals surface area contributed by atoms with Crippen molar-refractivity contribution in [1.82, 2.24) is 0 Å². The average Bonchev–Trinajstić information content (AvgIpc) is 3.21. The van der Waals surface area contributed by atoms with Gasteiger partial charge in [0.05, 0.1) is 37.6 Å².